The molecule has 0 radical (unpaired) electrons. The van der Waals surface area contributed by atoms with Crippen molar-refractivity contribution in [2.24, 2.45) is 0 Å². The highest BCUT2D eigenvalue weighted by molar-refractivity contribution is 9.10. The second kappa shape index (κ2) is 7.52. The number of Topliss-reactive ketones (excluding diaryl/α,β-unsaturated/α-hetero) is 1. The Hall–Kier alpha value is -1.46. The van der Waals surface area contributed by atoms with Gasteiger partial charge >= 0.3 is 0 Å². The van der Waals surface area contributed by atoms with E-state index in [9.17, 15) is 4.79 Å². The second-order valence-electron chi connectivity index (χ2n) is 4.79. The van der Waals surface area contributed by atoms with Crippen LogP contribution in [0.15, 0.2) is 41.0 Å². The van der Waals surface area contributed by atoms with Gasteiger partial charge in [-0.1, -0.05) is 37.3 Å². The number of hydrogen-bond acceptors (Lipinski definition) is 3. The average molecular weight is 351 g/mol. The summed E-state index contributed by atoms with van der Waals surface area (Å²) in [7, 11) is 1.64. The molecule has 112 valence electrons. The summed E-state index contributed by atoms with van der Waals surface area (Å²) in [5.41, 5.74) is 1.65. The summed E-state index contributed by atoms with van der Waals surface area (Å²) in [5.74, 6) is -0.0651. The molecule has 1 atom stereocenters. The van der Waals surface area contributed by atoms with E-state index in [1.54, 1.807) is 18.0 Å². The molecule has 0 saturated heterocycles. The van der Waals surface area contributed by atoms with Gasteiger partial charge in [-0.2, -0.15) is 5.10 Å². The molecule has 0 N–H and O–H groups in total. The van der Waals surface area contributed by atoms with E-state index in [1.807, 2.05) is 37.3 Å². The van der Waals surface area contributed by atoms with Crippen molar-refractivity contribution in [3.63, 3.8) is 0 Å². The maximum absolute atomic E-state index is 12.9. The SMILES string of the molecule is CCC(C(=O)c1c(Br)cnn1CCOC)c1ccccc1. The first-order chi connectivity index (χ1) is 10.2. The zero-order valence-electron chi connectivity index (χ0n) is 12.3. The van der Waals surface area contributed by atoms with Crippen LogP contribution in [0.2, 0.25) is 0 Å². The minimum atomic E-state index is -0.152. The summed E-state index contributed by atoms with van der Waals surface area (Å²) >= 11 is 3.43. The number of methoxy groups -OCH3 is 1. The standard InChI is InChI=1S/C16H19BrN2O2/c1-3-13(12-7-5-4-6-8-12)16(20)15-14(17)11-18-19(15)9-10-21-2/h4-8,11,13H,3,9-10H2,1-2H3. The Morgan fingerprint density at radius 2 is 2.10 bits per heavy atom. The van der Waals surface area contributed by atoms with Crippen molar-refractivity contribution in [1.82, 2.24) is 9.78 Å². The number of halogens is 1. The lowest BCUT2D eigenvalue weighted by Crippen LogP contribution is -2.19. The zero-order chi connectivity index (χ0) is 15.2. The minimum Gasteiger partial charge on any atom is -0.383 e. The van der Waals surface area contributed by atoms with Crippen molar-refractivity contribution in [2.45, 2.75) is 25.8 Å². The summed E-state index contributed by atoms with van der Waals surface area (Å²) in [4.78, 5) is 12.9. The van der Waals surface area contributed by atoms with Gasteiger partial charge in [-0.05, 0) is 27.9 Å². The molecule has 0 amide bonds. The maximum atomic E-state index is 12.9. The first kappa shape index (κ1) is 15.9. The Bertz CT molecular complexity index is 596. The maximum Gasteiger partial charge on any atom is 0.189 e. The highest BCUT2D eigenvalue weighted by Gasteiger charge is 2.25. The molecule has 5 heteroatoms. The van der Waals surface area contributed by atoms with Crippen LogP contribution >= 0.6 is 15.9 Å². The Labute approximate surface area is 133 Å². The number of nitrogens with zero attached hydrogens (tertiary/aromatic N) is 2. The van der Waals surface area contributed by atoms with Gasteiger partial charge in [0, 0.05) is 13.0 Å². The minimum absolute atomic E-state index is 0.0872. The smallest absolute Gasteiger partial charge is 0.189 e. The quantitative estimate of drug-likeness (QED) is 0.715. The molecule has 21 heavy (non-hydrogen) atoms. The van der Waals surface area contributed by atoms with Gasteiger partial charge < -0.3 is 4.74 Å². The van der Waals surface area contributed by atoms with Crippen LogP contribution in [0.1, 0.15) is 35.3 Å². The predicted octanol–water partition coefficient (Wildman–Crippen LogP) is 3.67. The molecule has 0 spiro atoms. The molecule has 2 rings (SSSR count). The van der Waals surface area contributed by atoms with Crippen LogP contribution in [0.25, 0.3) is 0 Å². The Kier molecular flexibility index (Phi) is 5.70. The van der Waals surface area contributed by atoms with Gasteiger partial charge in [0.2, 0.25) is 0 Å². The van der Waals surface area contributed by atoms with Gasteiger partial charge in [-0.15, -0.1) is 0 Å². The Morgan fingerprint density at radius 1 is 1.38 bits per heavy atom. The molecule has 0 saturated carbocycles. The molecule has 0 aliphatic rings. The van der Waals surface area contributed by atoms with Gasteiger partial charge in [0.25, 0.3) is 0 Å². The highest BCUT2D eigenvalue weighted by atomic mass is 79.9. The van der Waals surface area contributed by atoms with Crippen molar-refractivity contribution in [3.8, 4) is 0 Å². The largest absolute Gasteiger partial charge is 0.383 e. The lowest BCUT2D eigenvalue weighted by Gasteiger charge is -2.15. The normalized spacial score (nSPS) is 12.3. The van der Waals surface area contributed by atoms with Gasteiger partial charge in [0.1, 0.15) is 5.69 Å². The van der Waals surface area contributed by atoms with Crippen molar-refractivity contribution in [3.05, 3.63) is 52.3 Å². The van der Waals surface area contributed by atoms with Gasteiger partial charge in [0.15, 0.2) is 5.78 Å². The number of ketones is 1. The molecule has 1 heterocycles. The van der Waals surface area contributed by atoms with Crippen LogP contribution in [-0.2, 0) is 11.3 Å². The third-order valence-electron chi connectivity index (χ3n) is 3.46. The molecule has 1 unspecified atom stereocenters. The van der Waals surface area contributed by atoms with Crippen molar-refractivity contribution < 1.29 is 9.53 Å². The monoisotopic (exact) mass is 350 g/mol. The second-order valence-corrected chi connectivity index (χ2v) is 5.65. The predicted molar refractivity (Wildman–Crippen MR) is 85.6 cm³/mol. The van der Waals surface area contributed by atoms with E-state index in [4.69, 9.17) is 4.74 Å². The van der Waals surface area contributed by atoms with E-state index in [0.717, 1.165) is 16.5 Å². The van der Waals surface area contributed by atoms with Crippen LogP contribution in [0.5, 0.6) is 0 Å². The summed E-state index contributed by atoms with van der Waals surface area (Å²) < 4.78 is 7.52. The molecule has 0 aliphatic heterocycles. The van der Waals surface area contributed by atoms with E-state index in [0.29, 0.717) is 18.8 Å². The number of ether oxygens (including phenoxy) is 1. The number of hydrogen-bond donors (Lipinski definition) is 0. The highest BCUT2D eigenvalue weighted by Crippen LogP contribution is 2.27. The summed E-state index contributed by atoms with van der Waals surface area (Å²) in [5, 5.41) is 4.25. The number of aromatic nitrogens is 2. The molecular weight excluding hydrogens is 332 g/mol. The van der Waals surface area contributed by atoms with E-state index in [1.165, 1.54) is 0 Å². The molecule has 1 aromatic carbocycles. The van der Waals surface area contributed by atoms with Crippen LogP contribution in [0, 0.1) is 0 Å². The van der Waals surface area contributed by atoms with Crippen molar-refractivity contribution >= 4 is 21.7 Å². The van der Waals surface area contributed by atoms with E-state index in [-0.39, 0.29) is 11.7 Å². The lowest BCUT2D eigenvalue weighted by atomic mass is 9.90. The van der Waals surface area contributed by atoms with E-state index in [2.05, 4.69) is 21.0 Å². The fraction of sp³-hybridized carbons (Fsp3) is 0.375. The van der Waals surface area contributed by atoms with Gasteiger partial charge in [-0.25, -0.2) is 0 Å². The number of benzene rings is 1. The molecule has 0 aliphatic carbocycles. The zero-order valence-corrected chi connectivity index (χ0v) is 13.8. The fourth-order valence-electron chi connectivity index (χ4n) is 2.38. The Balaban J connectivity index is 2.32. The van der Waals surface area contributed by atoms with E-state index < -0.39 is 0 Å². The third-order valence-corrected chi connectivity index (χ3v) is 4.04. The first-order valence-electron chi connectivity index (χ1n) is 6.98. The average Bonchev–Trinajstić information content (AvgIpc) is 2.87. The number of carbonyl (C=O) groups excluding carboxylic acids is 1. The summed E-state index contributed by atoms with van der Waals surface area (Å²) in [6.45, 7) is 3.12. The van der Waals surface area contributed by atoms with Crippen molar-refractivity contribution in [2.75, 3.05) is 13.7 Å². The molecular formula is C16H19BrN2O2. The summed E-state index contributed by atoms with van der Waals surface area (Å²) in [6.07, 6.45) is 2.42. The third kappa shape index (κ3) is 3.60. The number of carbonyl (C=O) groups is 1. The lowest BCUT2D eigenvalue weighted by molar-refractivity contribution is 0.0942. The van der Waals surface area contributed by atoms with Crippen LogP contribution in [-0.4, -0.2) is 29.3 Å². The van der Waals surface area contributed by atoms with Crippen LogP contribution < -0.4 is 0 Å². The van der Waals surface area contributed by atoms with Crippen LogP contribution in [0.3, 0.4) is 0 Å². The fourth-order valence-corrected chi connectivity index (χ4v) is 2.87. The van der Waals surface area contributed by atoms with E-state index >= 15 is 0 Å². The molecule has 4 nitrogen and oxygen atoms in total. The van der Waals surface area contributed by atoms with Crippen LogP contribution in [0.4, 0.5) is 0 Å². The Morgan fingerprint density at radius 3 is 2.71 bits per heavy atom. The first-order valence-corrected chi connectivity index (χ1v) is 7.77. The number of rotatable bonds is 7. The van der Waals surface area contributed by atoms with Gasteiger partial charge in [0.05, 0.1) is 23.8 Å². The van der Waals surface area contributed by atoms with Gasteiger partial charge in [-0.3, -0.25) is 9.48 Å². The molecule has 0 fully saturated rings. The topological polar surface area (TPSA) is 44.1 Å². The molecule has 2 aromatic rings. The molecule has 1 aromatic heterocycles. The summed E-state index contributed by atoms with van der Waals surface area (Å²) in [6, 6.07) is 9.87. The van der Waals surface area contributed by atoms with Crippen molar-refractivity contribution in [1.29, 1.82) is 0 Å². The molecule has 0 bridgehead atoms.